The predicted octanol–water partition coefficient (Wildman–Crippen LogP) is 3.68. The van der Waals surface area contributed by atoms with Crippen LogP contribution in [0.5, 0.6) is 0 Å². The summed E-state index contributed by atoms with van der Waals surface area (Å²) in [5, 5.41) is 15.3. The van der Waals surface area contributed by atoms with Crippen molar-refractivity contribution >= 4 is 40.2 Å². The predicted molar refractivity (Wildman–Crippen MR) is 132 cm³/mol. The number of nitriles is 1. The molecule has 0 radical (unpaired) electrons. The maximum Gasteiger partial charge on any atom is 0.271 e. The lowest BCUT2D eigenvalue weighted by molar-refractivity contribution is -0.129. The number of nitrogens with zero attached hydrogens (tertiary/aromatic N) is 2. The molecule has 2 aliphatic heterocycles. The number of carbonyl (C=O) groups is 3. The van der Waals surface area contributed by atoms with Crippen molar-refractivity contribution in [1.29, 1.82) is 5.26 Å². The van der Waals surface area contributed by atoms with E-state index in [9.17, 15) is 32.8 Å². The maximum atomic E-state index is 14.6. The van der Waals surface area contributed by atoms with Crippen molar-refractivity contribution in [3.8, 4) is 6.07 Å². The minimum absolute atomic E-state index is 0.0216. The number of nitrogens with one attached hydrogen (secondary N) is 3. The molecule has 2 saturated heterocycles. The molecule has 1 aromatic heterocycles. The molecule has 8 nitrogen and oxygen atoms in total. The van der Waals surface area contributed by atoms with E-state index in [-0.39, 0.29) is 40.5 Å². The van der Waals surface area contributed by atoms with Crippen molar-refractivity contribution < 1.29 is 27.6 Å². The van der Waals surface area contributed by atoms with Gasteiger partial charge in [0, 0.05) is 37.2 Å². The molecule has 1 saturated carbocycles. The summed E-state index contributed by atoms with van der Waals surface area (Å²) < 4.78 is 43.2. The molecule has 0 spiro atoms. The molecule has 3 fully saturated rings. The second-order valence-corrected chi connectivity index (χ2v) is 11.0. The first kappa shape index (κ1) is 26.4. The third-order valence-electron chi connectivity index (χ3n) is 8.01. The summed E-state index contributed by atoms with van der Waals surface area (Å²) in [6.07, 6.45) is 0.387. The van der Waals surface area contributed by atoms with Crippen molar-refractivity contribution in [3.63, 3.8) is 0 Å². The average Bonchev–Trinajstić information content (AvgIpc) is 3.53. The lowest BCUT2D eigenvalue weighted by atomic mass is 9.90. The number of hydrogen-bond donors (Lipinski definition) is 3. The second-order valence-electron chi connectivity index (χ2n) is 10.6. The normalized spacial score (nSPS) is 27.1. The Labute approximate surface area is 221 Å². The van der Waals surface area contributed by atoms with Crippen LogP contribution in [0.2, 0.25) is 5.02 Å². The number of aryl methyl sites for hydroxylation is 1. The molecule has 202 valence electrons. The third-order valence-corrected chi connectivity index (χ3v) is 8.50. The van der Waals surface area contributed by atoms with E-state index in [0.717, 1.165) is 6.42 Å². The van der Waals surface area contributed by atoms with Gasteiger partial charge < -0.3 is 20.5 Å². The van der Waals surface area contributed by atoms with Gasteiger partial charge in [-0.25, -0.2) is 13.2 Å². The number of fused-ring (bicyclic) bond motifs is 2. The molecular formula is C26H27ClF3N5O3. The summed E-state index contributed by atoms with van der Waals surface area (Å²) in [4.78, 5) is 43.3. The lowest BCUT2D eigenvalue weighted by Gasteiger charge is -2.29. The number of aromatic nitrogens is 1. The number of hydrogen-bond acceptors (Lipinski definition) is 4. The Morgan fingerprint density at radius 2 is 2.11 bits per heavy atom. The van der Waals surface area contributed by atoms with Gasteiger partial charge in [-0.15, -0.1) is 0 Å². The summed E-state index contributed by atoms with van der Waals surface area (Å²) >= 11 is 6.30. The zero-order chi connectivity index (χ0) is 27.4. The number of benzene rings is 1. The van der Waals surface area contributed by atoms with Crippen molar-refractivity contribution in [2.45, 2.75) is 57.0 Å². The van der Waals surface area contributed by atoms with E-state index in [1.165, 1.54) is 17.0 Å². The van der Waals surface area contributed by atoms with Crippen LogP contribution in [0.25, 0.3) is 10.9 Å². The number of amides is 3. The fraction of sp³-hybridized carbons (Fsp3) is 0.538. The van der Waals surface area contributed by atoms with Gasteiger partial charge in [0.15, 0.2) is 0 Å². The summed E-state index contributed by atoms with van der Waals surface area (Å²) in [6.45, 7) is 2.10. The van der Waals surface area contributed by atoms with Crippen LogP contribution < -0.4 is 10.6 Å². The number of alkyl halides is 2. The van der Waals surface area contributed by atoms with Crippen LogP contribution in [0.3, 0.4) is 0 Å². The van der Waals surface area contributed by atoms with Gasteiger partial charge in [-0.2, -0.15) is 5.26 Å². The number of rotatable bonds is 5. The molecule has 12 heteroatoms. The van der Waals surface area contributed by atoms with Crippen LogP contribution >= 0.6 is 11.6 Å². The number of likely N-dealkylation sites (tertiary alicyclic amines) is 1. The standard InChI is InChI=1S/C26H27ClF3N5O3/c1-12-5-18(28)16-7-19(34-21(16)20(12)27)25(38)35-11-14-8-26(29,30)9-17(14)22(35)24(37)33-15(10-31)6-13-3-2-4-32-23(13)36/h5,7,13-15,17,22,34H,2-4,6,8-9,11H2,1H3,(H,32,36)(H,33,37)/t13-,14+,15-,17+,22-/m0/s1. The molecule has 1 aliphatic carbocycles. The van der Waals surface area contributed by atoms with Gasteiger partial charge in [-0.05, 0) is 55.7 Å². The Bertz CT molecular complexity index is 1360. The molecule has 0 bridgehead atoms. The molecule has 2 aromatic rings. The molecule has 3 N–H and O–H groups in total. The number of H-pyrrole nitrogens is 1. The highest BCUT2D eigenvalue weighted by Crippen LogP contribution is 2.50. The first-order valence-electron chi connectivity index (χ1n) is 12.6. The summed E-state index contributed by atoms with van der Waals surface area (Å²) in [7, 11) is 0. The van der Waals surface area contributed by atoms with E-state index in [4.69, 9.17) is 11.6 Å². The highest BCUT2D eigenvalue weighted by molar-refractivity contribution is 6.36. The van der Waals surface area contributed by atoms with Gasteiger partial charge in [0.1, 0.15) is 23.6 Å². The first-order chi connectivity index (χ1) is 18.0. The van der Waals surface area contributed by atoms with E-state index >= 15 is 0 Å². The summed E-state index contributed by atoms with van der Waals surface area (Å²) in [6, 6.07) is 2.26. The topological polar surface area (TPSA) is 118 Å². The van der Waals surface area contributed by atoms with Gasteiger partial charge in [-0.3, -0.25) is 14.4 Å². The van der Waals surface area contributed by atoms with E-state index in [2.05, 4.69) is 15.6 Å². The van der Waals surface area contributed by atoms with Crippen LogP contribution in [0.1, 0.15) is 48.2 Å². The summed E-state index contributed by atoms with van der Waals surface area (Å²) in [5.74, 6) is -6.97. The molecule has 3 amide bonds. The fourth-order valence-corrected chi connectivity index (χ4v) is 6.41. The quantitative estimate of drug-likeness (QED) is 0.527. The zero-order valence-electron chi connectivity index (χ0n) is 20.6. The minimum Gasteiger partial charge on any atom is -0.356 e. The largest absolute Gasteiger partial charge is 0.356 e. The lowest BCUT2D eigenvalue weighted by Crippen LogP contribution is -2.52. The van der Waals surface area contributed by atoms with Crippen LogP contribution in [0.4, 0.5) is 13.2 Å². The van der Waals surface area contributed by atoms with Crippen molar-refractivity contribution in [2.75, 3.05) is 13.1 Å². The van der Waals surface area contributed by atoms with E-state index in [0.29, 0.717) is 18.5 Å². The SMILES string of the molecule is Cc1cc(F)c2cc(C(=O)N3C[C@H]4CC(F)(F)C[C@H]4[C@H]3C(=O)N[C@H](C#N)C[C@@H]3CCCNC3=O)[nH]c2c1Cl. The zero-order valence-corrected chi connectivity index (χ0v) is 21.4. The first-order valence-corrected chi connectivity index (χ1v) is 13.0. The monoisotopic (exact) mass is 549 g/mol. The van der Waals surface area contributed by atoms with Crippen LogP contribution in [-0.2, 0) is 9.59 Å². The van der Waals surface area contributed by atoms with Gasteiger partial charge in [0.25, 0.3) is 5.91 Å². The second kappa shape index (κ2) is 9.80. The van der Waals surface area contributed by atoms with Crippen LogP contribution in [0, 0.1) is 41.8 Å². The molecule has 38 heavy (non-hydrogen) atoms. The molecule has 3 aliphatic rings. The smallest absolute Gasteiger partial charge is 0.271 e. The highest BCUT2D eigenvalue weighted by atomic mass is 35.5. The molecule has 0 unspecified atom stereocenters. The maximum absolute atomic E-state index is 14.6. The van der Waals surface area contributed by atoms with Gasteiger partial charge in [0.2, 0.25) is 17.7 Å². The van der Waals surface area contributed by atoms with Crippen molar-refractivity contribution in [1.82, 2.24) is 20.5 Å². The summed E-state index contributed by atoms with van der Waals surface area (Å²) in [5.41, 5.74) is 0.684. The van der Waals surface area contributed by atoms with E-state index in [1.807, 2.05) is 6.07 Å². The van der Waals surface area contributed by atoms with Crippen molar-refractivity contribution in [2.24, 2.45) is 17.8 Å². The van der Waals surface area contributed by atoms with E-state index < -0.39 is 66.2 Å². The molecule has 1 aromatic carbocycles. The van der Waals surface area contributed by atoms with Crippen LogP contribution in [-0.4, -0.2) is 58.7 Å². The Hall–Kier alpha value is -3.26. The molecule has 5 rings (SSSR count). The molecular weight excluding hydrogens is 523 g/mol. The Morgan fingerprint density at radius 1 is 1.34 bits per heavy atom. The number of carbonyl (C=O) groups excluding carboxylic acids is 3. The Morgan fingerprint density at radius 3 is 2.82 bits per heavy atom. The number of aromatic amines is 1. The Kier molecular flexibility index (Phi) is 6.80. The van der Waals surface area contributed by atoms with Gasteiger partial charge in [-0.1, -0.05) is 11.6 Å². The van der Waals surface area contributed by atoms with Gasteiger partial charge >= 0.3 is 0 Å². The third kappa shape index (κ3) is 4.70. The van der Waals surface area contributed by atoms with Crippen LogP contribution in [0.15, 0.2) is 12.1 Å². The highest BCUT2D eigenvalue weighted by Gasteiger charge is 2.58. The molecule has 3 heterocycles. The average molecular weight is 550 g/mol. The Balaban J connectivity index is 1.41. The van der Waals surface area contributed by atoms with Crippen molar-refractivity contribution in [3.05, 3.63) is 34.2 Å². The van der Waals surface area contributed by atoms with E-state index in [1.54, 1.807) is 6.92 Å². The minimum atomic E-state index is -2.97. The number of piperidine rings is 1. The molecule has 5 atom stereocenters. The number of halogens is 4. The fourth-order valence-electron chi connectivity index (χ4n) is 6.20. The van der Waals surface area contributed by atoms with Gasteiger partial charge in [0.05, 0.1) is 16.6 Å².